The summed E-state index contributed by atoms with van der Waals surface area (Å²) < 4.78 is 3.94. The van der Waals surface area contributed by atoms with E-state index in [1.54, 1.807) is 0 Å². The van der Waals surface area contributed by atoms with Crippen LogP contribution < -0.4 is 0 Å². The van der Waals surface area contributed by atoms with Crippen molar-refractivity contribution < 1.29 is 4.74 Å². The molecular formula is C3H4O. The third-order valence-corrected chi connectivity index (χ3v) is 0.0962. The Kier molecular flexibility index (Phi) is 2.25. The Balaban J connectivity index is 2.30. The number of hydrogen-bond donors (Lipinski definition) is 0. The second-order valence-corrected chi connectivity index (χ2v) is 0.303. The van der Waals surface area contributed by atoms with E-state index in [-0.39, 0.29) is 0 Å². The highest BCUT2D eigenvalue weighted by molar-refractivity contribution is 4.37. The Hall–Kier alpha value is -0.460. The average molecular weight is 56.1 g/mol. The Morgan fingerprint density at radius 1 is 2.00 bits per heavy atom. The highest BCUT2D eigenvalue weighted by atomic mass is 16.5. The molecule has 0 aliphatic heterocycles. The number of hydrogen-bond acceptors (Lipinski definition) is 1. The van der Waals surface area contributed by atoms with Crippen LogP contribution >= 0.6 is 0 Å². The summed E-state index contributed by atoms with van der Waals surface area (Å²) in [5.41, 5.74) is 0. The predicted molar refractivity (Wildman–Crippen MR) is 15.3 cm³/mol. The molecule has 0 aromatic carbocycles. The minimum atomic E-state index is 1.01. The number of ether oxygens (including phenoxy) is 1. The quantitative estimate of drug-likeness (QED) is 0.402. The van der Waals surface area contributed by atoms with Crippen LogP contribution in [0.2, 0.25) is 0 Å². The number of rotatable bonds is 1. The van der Waals surface area contributed by atoms with Crippen LogP contribution in [0.4, 0.5) is 0 Å². The van der Waals surface area contributed by atoms with Gasteiger partial charge in [-0.05, 0) is 6.58 Å². The van der Waals surface area contributed by atoms with E-state index in [2.05, 4.69) is 18.4 Å². The molecule has 0 heterocycles. The predicted octanol–water partition coefficient (Wildman–Crippen LogP) is 0.741. The van der Waals surface area contributed by atoms with Gasteiger partial charge in [-0.15, -0.1) is 0 Å². The maximum atomic E-state index is 4.62. The molecule has 1 heteroatoms. The van der Waals surface area contributed by atoms with Crippen LogP contribution in [-0.2, 0) is 4.74 Å². The molecule has 2 radical (unpaired) electrons. The van der Waals surface area contributed by atoms with E-state index >= 15 is 0 Å². The molecule has 0 aliphatic rings. The van der Waals surface area contributed by atoms with Gasteiger partial charge < -0.3 is 4.74 Å². The Morgan fingerprint density at radius 3 is 2.25 bits per heavy atom. The van der Waals surface area contributed by atoms with Crippen LogP contribution in [0.5, 0.6) is 0 Å². The maximum Gasteiger partial charge on any atom is 0.121 e. The van der Waals surface area contributed by atoms with Crippen LogP contribution in [0.15, 0.2) is 6.26 Å². The molecule has 0 unspecified atom stereocenters. The Morgan fingerprint density at radius 2 is 2.25 bits per heavy atom. The van der Waals surface area contributed by atoms with E-state index in [4.69, 9.17) is 0 Å². The zero-order valence-corrected chi connectivity index (χ0v) is 2.27. The van der Waals surface area contributed by atoms with Crippen molar-refractivity contribution in [3.8, 4) is 0 Å². The molecule has 0 aliphatic carbocycles. The van der Waals surface area contributed by atoms with E-state index in [0.717, 1.165) is 6.26 Å². The molecule has 0 spiro atoms. The SMILES string of the molecule is [CH]=CO[CH2]. The normalized spacial score (nSPS) is 5.25. The van der Waals surface area contributed by atoms with E-state index < -0.39 is 0 Å². The first-order chi connectivity index (χ1) is 1.91. The van der Waals surface area contributed by atoms with Crippen molar-refractivity contribution in [1.82, 2.24) is 0 Å². The lowest BCUT2D eigenvalue weighted by molar-refractivity contribution is 0.394. The third kappa shape index (κ3) is 1.54. The monoisotopic (exact) mass is 56.0 g/mol. The smallest absolute Gasteiger partial charge is 0.121 e. The fourth-order valence-corrected chi connectivity index (χ4v) is 0. The van der Waals surface area contributed by atoms with Crippen molar-refractivity contribution >= 4 is 0 Å². The summed E-state index contributed by atoms with van der Waals surface area (Å²) in [7, 11) is 2.92. The summed E-state index contributed by atoms with van der Waals surface area (Å²) in [6.07, 6.45) is 1.01. The summed E-state index contributed by atoms with van der Waals surface area (Å²) in [6, 6.07) is 0. The molecule has 0 amide bonds. The van der Waals surface area contributed by atoms with Gasteiger partial charge in [0.05, 0.1) is 6.26 Å². The van der Waals surface area contributed by atoms with Gasteiger partial charge in [0.1, 0.15) is 7.11 Å². The van der Waals surface area contributed by atoms with E-state index in [1.807, 2.05) is 0 Å². The van der Waals surface area contributed by atoms with Crippen molar-refractivity contribution in [3.05, 3.63) is 20.0 Å². The summed E-state index contributed by atoms with van der Waals surface area (Å²) >= 11 is 0. The van der Waals surface area contributed by atoms with Gasteiger partial charge in [-0.3, -0.25) is 0 Å². The van der Waals surface area contributed by atoms with Gasteiger partial charge >= 0.3 is 0 Å². The molecule has 0 saturated heterocycles. The van der Waals surface area contributed by atoms with E-state index in [9.17, 15) is 0 Å². The second kappa shape index (κ2) is 2.54. The summed E-state index contributed by atoms with van der Waals surface area (Å²) in [6.45, 7) is 4.62. The van der Waals surface area contributed by atoms with Gasteiger partial charge in [-0.25, -0.2) is 0 Å². The summed E-state index contributed by atoms with van der Waals surface area (Å²) in [4.78, 5) is 0. The first-order valence-corrected chi connectivity index (χ1v) is 0.858. The first-order valence-electron chi connectivity index (χ1n) is 0.858. The van der Waals surface area contributed by atoms with E-state index in [0.29, 0.717) is 0 Å². The standard InChI is InChI=1S/C3H4O/c1-3-4-2/h1,3H,2H2. The molecule has 0 aromatic rings. The lowest BCUT2D eigenvalue weighted by atomic mass is 11.2. The van der Waals surface area contributed by atoms with Gasteiger partial charge in [0.15, 0.2) is 0 Å². The molecule has 22 valence electrons. The fourth-order valence-electron chi connectivity index (χ4n) is 0. The van der Waals surface area contributed by atoms with Gasteiger partial charge in [-0.2, -0.15) is 0 Å². The molecule has 0 rings (SSSR count). The van der Waals surface area contributed by atoms with Crippen molar-refractivity contribution in [2.45, 2.75) is 0 Å². The summed E-state index contributed by atoms with van der Waals surface area (Å²) in [5, 5.41) is 0. The molecule has 0 fully saturated rings. The maximum absolute atomic E-state index is 4.62. The molecule has 1 nitrogen and oxygen atoms in total. The van der Waals surface area contributed by atoms with Gasteiger partial charge in [0, 0.05) is 0 Å². The first kappa shape index (κ1) is 3.54. The van der Waals surface area contributed by atoms with Gasteiger partial charge in [-0.1, -0.05) is 0 Å². The highest BCUT2D eigenvalue weighted by Crippen LogP contribution is 1.56. The van der Waals surface area contributed by atoms with Crippen molar-refractivity contribution in [2.75, 3.05) is 0 Å². The van der Waals surface area contributed by atoms with Crippen molar-refractivity contribution in [3.63, 3.8) is 0 Å². The topological polar surface area (TPSA) is 9.23 Å². The largest absolute Gasteiger partial charge is 0.498 e. The van der Waals surface area contributed by atoms with Crippen molar-refractivity contribution in [1.29, 1.82) is 0 Å². The van der Waals surface area contributed by atoms with E-state index in [1.165, 1.54) is 0 Å². The average Bonchev–Trinajstić information content (AvgIpc) is 1.37. The molecule has 0 atom stereocenters. The van der Waals surface area contributed by atoms with Crippen LogP contribution in [0.25, 0.3) is 0 Å². The van der Waals surface area contributed by atoms with Crippen LogP contribution in [0.1, 0.15) is 0 Å². The zero-order chi connectivity index (χ0) is 3.41. The molecule has 0 N–H and O–H groups in total. The molecule has 0 saturated carbocycles. The van der Waals surface area contributed by atoms with Gasteiger partial charge in [0.25, 0.3) is 0 Å². The Bertz CT molecular complexity index is 17.2. The minimum Gasteiger partial charge on any atom is -0.498 e. The molecule has 4 heavy (non-hydrogen) atoms. The molecule has 0 aromatic heterocycles. The van der Waals surface area contributed by atoms with Gasteiger partial charge in [0.2, 0.25) is 0 Å². The molecular weight excluding hydrogens is 52.0 g/mol. The minimum absolute atomic E-state index is 1.01. The van der Waals surface area contributed by atoms with Crippen LogP contribution in [0.3, 0.4) is 0 Å². The fraction of sp³-hybridized carbons (Fsp3) is 0. The lowest BCUT2D eigenvalue weighted by Crippen LogP contribution is -1.47. The highest BCUT2D eigenvalue weighted by Gasteiger charge is 1.37. The van der Waals surface area contributed by atoms with Crippen LogP contribution in [0, 0.1) is 13.7 Å². The van der Waals surface area contributed by atoms with Crippen molar-refractivity contribution in [2.24, 2.45) is 0 Å². The molecule has 0 bridgehead atoms. The van der Waals surface area contributed by atoms with Crippen LogP contribution in [-0.4, -0.2) is 0 Å². The Labute approximate surface area is 25.9 Å². The zero-order valence-electron chi connectivity index (χ0n) is 2.27. The second-order valence-electron chi connectivity index (χ2n) is 0.303. The third-order valence-electron chi connectivity index (χ3n) is 0.0962. The summed E-state index contributed by atoms with van der Waals surface area (Å²) in [5.74, 6) is 0. The lowest BCUT2D eigenvalue weighted by Gasteiger charge is -1.71.